The third kappa shape index (κ3) is 6.32. The maximum atomic E-state index is 9.64. The number of nitrogens with zero attached hydrogens (tertiary/aromatic N) is 4. The molecule has 2 aliphatic rings. The van der Waals surface area contributed by atoms with Gasteiger partial charge in [-0.25, -0.2) is 9.97 Å². The Morgan fingerprint density at radius 2 is 1.39 bits per heavy atom. The van der Waals surface area contributed by atoms with E-state index in [0.717, 1.165) is 60.9 Å². The molecule has 3 aromatic carbocycles. The number of piperazine rings is 1. The summed E-state index contributed by atoms with van der Waals surface area (Å²) in [5.41, 5.74) is 11.0. The number of aromatic nitrogens is 2. The molecule has 0 spiro atoms. The summed E-state index contributed by atoms with van der Waals surface area (Å²) in [5, 5.41) is 9.64. The Hall–Kier alpha value is -3.66. The Morgan fingerprint density at radius 3 is 2.05 bits per heavy atom. The second-order valence-electron chi connectivity index (χ2n) is 10.7. The van der Waals surface area contributed by atoms with Crippen molar-refractivity contribution in [2.45, 2.75) is 37.6 Å². The number of hydrogen-bond acceptors (Lipinski definition) is 8. The standard InChI is InChI=1S/C33H37N5O3/c34-21-24-7-13-28(14-8-24)32-40-29(22-37-17-19-38(20-18-37)33-35-15-4-16-36-33)30(26-5-2-1-3-6-26)31(41-32)27-11-9-25(23-39)10-12-27/h1-16,29-32,39H,17-23,34H2/t29-,30-,31+,32?/m1/s1. The molecule has 8 nitrogen and oxygen atoms in total. The topological polar surface area (TPSA) is 97.0 Å². The third-order valence-corrected chi connectivity index (χ3v) is 8.10. The Morgan fingerprint density at radius 1 is 0.732 bits per heavy atom. The van der Waals surface area contributed by atoms with E-state index >= 15 is 0 Å². The molecule has 6 rings (SSSR count). The summed E-state index contributed by atoms with van der Waals surface area (Å²) in [6, 6.07) is 28.7. The molecular weight excluding hydrogens is 514 g/mol. The van der Waals surface area contributed by atoms with Crippen LogP contribution in [0.5, 0.6) is 0 Å². The van der Waals surface area contributed by atoms with Crippen molar-refractivity contribution in [3.05, 3.63) is 125 Å². The molecular formula is C33H37N5O3. The van der Waals surface area contributed by atoms with Crippen LogP contribution in [0.1, 0.15) is 46.1 Å². The van der Waals surface area contributed by atoms with Crippen molar-refractivity contribution >= 4 is 5.95 Å². The Bertz CT molecular complexity index is 1360. The van der Waals surface area contributed by atoms with E-state index in [2.05, 4.69) is 68.3 Å². The predicted octanol–water partition coefficient (Wildman–Crippen LogP) is 4.19. The molecule has 2 aliphatic heterocycles. The normalized spacial score (nSPS) is 23.4. The second kappa shape index (κ2) is 12.9. The molecule has 0 bridgehead atoms. The molecule has 2 fully saturated rings. The van der Waals surface area contributed by atoms with Crippen molar-refractivity contribution in [1.82, 2.24) is 14.9 Å². The monoisotopic (exact) mass is 551 g/mol. The van der Waals surface area contributed by atoms with Crippen LogP contribution in [0.25, 0.3) is 0 Å². The first-order valence-corrected chi connectivity index (χ1v) is 14.3. The molecule has 1 unspecified atom stereocenters. The van der Waals surface area contributed by atoms with Crippen LogP contribution >= 0.6 is 0 Å². The lowest BCUT2D eigenvalue weighted by Crippen LogP contribution is -2.51. The third-order valence-electron chi connectivity index (χ3n) is 8.10. The van der Waals surface area contributed by atoms with Gasteiger partial charge in [-0.1, -0.05) is 78.9 Å². The van der Waals surface area contributed by atoms with Gasteiger partial charge in [-0.3, -0.25) is 4.90 Å². The fourth-order valence-corrected chi connectivity index (χ4v) is 5.82. The summed E-state index contributed by atoms with van der Waals surface area (Å²) in [7, 11) is 0. The van der Waals surface area contributed by atoms with E-state index in [9.17, 15) is 5.11 Å². The molecule has 0 amide bonds. The fraction of sp³-hybridized carbons (Fsp3) is 0.333. The van der Waals surface area contributed by atoms with Crippen LogP contribution in [-0.2, 0) is 22.6 Å². The largest absolute Gasteiger partial charge is 0.392 e. The molecule has 3 N–H and O–H groups in total. The quantitative estimate of drug-likeness (QED) is 0.337. The van der Waals surface area contributed by atoms with Crippen molar-refractivity contribution in [3.8, 4) is 0 Å². The number of anilines is 1. The van der Waals surface area contributed by atoms with Crippen LogP contribution in [0.4, 0.5) is 5.95 Å². The van der Waals surface area contributed by atoms with Gasteiger partial charge in [-0.2, -0.15) is 0 Å². The summed E-state index contributed by atoms with van der Waals surface area (Å²) in [5.74, 6) is 0.759. The Labute approximate surface area is 241 Å². The predicted molar refractivity (Wildman–Crippen MR) is 158 cm³/mol. The molecule has 1 aromatic heterocycles. The van der Waals surface area contributed by atoms with Crippen LogP contribution in [0, 0.1) is 0 Å². The molecule has 41 heavy (non-hydrogen) atoms. The van der Waals surface area contributed by atoms with Crippen molar-refractivity contribution in [2.75, 3.05) is 37.6 Å². The van der Waals surface area contributed by atoms with E-state index in [1.807, 2.05) is 36.4 Å². The Balaban J connectivity index is 1.30. The molecule has 8 heteroatoms. The summed E-state index contributed by atoms with van der Waals surface area (Å²) in [6.07, 6.45) is 2.72. The van der Waals surface area contributed by atoms with Crippen LogP contribution in [0.15, 0.2) is 97.3 Å². The van der Waals surface area contributed by atoms with E-state index in [1.165, 1.54) is 5.56 Å². The van der Waals surface area contributed by atoms with Crippen molar-refractivity contribution in [1.29, 1.82) is 0 Å². The van der Waals surface area contributed by atoms with Gasteiger partial charge in [-0.15, -0.1) is 0 Å². The minimum atomic E-state index is -0.520. The van der Waals surface area contributed by atoms with Gasteiger partial charge in [0.1, 0.15) is 0 Å². The van der Waals surface area contributed by atoms with E-state index in [-0.39, 0.29) is 24.7 Å². The zero-order chi connectivity index (χ0) is 28.0. The minimum absolute atomic E-state index is 0.00969. The SMILES string of the molecule is NCc1ccc(C2O[C@H](CN3CCN(c4ncccn4)CC3)[C@@H](c3ccccc3)[C@H](c3ccc(CO)cc3)O2)cc1. The number of ether oxygens (including phenoxy) is 2. The maximum Gasteiger partial charge on any atom is 0.225 e. The van der Waals surface area contributed by atoms with Crippen LogP contribution in [-0.4, -0.2) is 58.8 Å². The molecule has 0 radical (unpaired) electrons. The molecule has 212 valence electrons. The minimum Gasteiger partial charge on any atom is -0.392 e. The molecule has 2 saturated heterocycles. The van der Waals surface area contributed by atoms with Gasteiger partial charge in [-0.05, 0) is 28.3 Å². The lowest BCUT2D eigenvalue weighted by Gasteiger charge is -2.45. The first-order valence-electron chi connectivity index (χ1n) is 14.3. The first-order chi connectivity index (χ1) is 20.2. The number of rotatable bonds is 8. The van der Waals surface area contributed by atoms with Gasteiger partial charge < -0.3 is 25.2 Å². The van der Waals surface area contributed by atoms with E-state index < -0.39 is 6.29 Å². The van der Waals surface area contributed by atoms with Crippen LogP contribution in [0.2, 0.25) is 0 Å². The van der Waals surface area contributed by atoms with Crippen molar-refractivity contribution < 1.29 is 14.6 Å². The lowest BCUT2D eigenvalue weighted by molar-refractivity contribution is -0.263. The van der Waals surface area contributed by atoms with Crippen molar-refractivity contribution in [3.63, 3.8) is 0 Å². The Kier molecular flexibility index (Phi) is 8.65. The van der Waals surface area contributed by atoms with Crippen LogP contribution in [0.3, 0.4) is 0 Å². The highest BCUT2D eigenvalue weighted by Gasteiger charge is 2.42. The van der Waals surface area contributed by atoms with Gasteiger partial charge in [0.25, 0.3) is 0 Å². The summed E-state index contributed by atoms with van der Waals surface area (Å²) < 4.78 is 13.7. The lowest BCUT2D eigenvalue weighted by atomic mass is 9.83. The number of aliphatic hydroxyl groups excluding tert-OH is 1. The maximum absolute atomic E-state index is 9.64. The summed E-state index contributed by atoms with van der Waals surface area (Å²) >= 11 is 0. The number of hydrogen-bond donors (Lipinski definition) is 2. The zero-order valence-electron chi connectivity index (χ0n) is 23.1. The highest BCUT2D eigenvalue weighted by atomic mass is 16.7. The average molecular weight is 552 g/mol. The van der Waals surface area contributed by atoms with E-state index in [4.69, 9.17) is 15.2 Å². The summed E-state index contributed by atoms with van der Waals surface area (Å²) in [6.45, 7) is 4.78. The van der Waals surface area contributed by atoms with Crippen molar-refractivity contribution in [2.24, 2.45) is 5.73 Å². The van der Waals surface area contributed by atoms with Gasteiger partial charge in [0, 0.05) is 63.1 Å². The fourth-order valence-electron chi connectivity index (χ4n) is 5.82. The highest BCUT2D eigenvalue weighted by molar-refractivity contribution is 5.33. The average Bonchev–Trinajstić information content (AvgIpc) is 3.05. The van der Waals surface area contributed by atoms with Gasteiger partial charge >= 0.3 is 0 Å². The summed E-state index contributed by atoms with van der Waals surface area (Å²) in [4.78, 5) is 13.6. The number of benzene rings is 3. The highest BCUT2D eigenvalue weighted by Crippen LogP contribution is 2.47. The number of nitrogens with two attached hydrogens (primary N) is 1. The van der Waals surface area contributed by atoms with E-state index in [1.54, 1.807) is 12.4 Å². The van der Waals surface area contributed by atoms with Gasteiger partial charge in [0.15, 0.2) is 6.29 Å². The van der Waals surface area contributed by atoms with E-state index in [0.29, 0.717) is 6.54 Å². The molecule has 4 atom stereocenters. The molecule has 0 aliphatic carbocycles. The second-order valence-corrected chi connectivity index (χ2v) is 10.7. The number of aliphatic hydroxyl groups is 1. The van der Waals surface area contributed by atoms with Crippen LogP contribution < -0.4 is 10.6 Å². The molecule has 0 saturated carbocycles. The zero-order valence-corrected chi connectivity index (χ0v) is 23.1. The smallest absolute Gasteiger partial charge is 0.225 e. The first kappa shape index (κ1) is 27.5. The molecule has 4 aromatic rings. The van der Waals surface area contributed by atoms with Gasteiger partial charge in [0.05, 0.1) is 18.8 Å². The van der Waals surface area contributed by atoms with Gasteiger partial charge in [0.2, 0.25) is 5.95 Å². The molecule has 3 heterocycles.